The van der Waals surface area contributed by atoms with Gasteiger partial charge in [0.1, 0.15) is 4.88 Å². The lowest BCUT2D eigenvalue weighted by atomic mass is 10.2. The maximum atomic E-state index is 12.9. The summed E-state index contributed by atoms with van der Waals surface area (Å²) in [5.74, 6) is -2.89. The number of amides is 2. The van der Waals surface area contributed by atoms with Gasteiger partial charge in [-0.2, -0.15) is 0 Å². The van der Waals surface area contributed by atoms with E-state index in [4.69, 9.17) is 14.9 Å². The van der Waals surface area contributed by atoms with Gasteiger partial charge in [-0.1, -0.05) is 18.2 Å². The fourth-order valence-electron chi connectivity index (χ4n) is 3.72. The molecule has 1 aliphatic heterocycles. The van der Waals surface area contributed by atoms with Gasteiger partial charge in [0, 0.05) is 25.2 Å². The minimum absolute atomic E-state index is 0.204. The number of oxazole rings is 1. The Morgan fingerprint density at radius 1 is 1.06 bits per heavy atom. The van der Waals surface area contributed by atoms with Gasteiger partial charge in [0.25, 0.3) is 5.91 Å². The van der Waals surface area contributed by atoms with Gasteiger partial charge in [-0.3, -0.25) is 9.59 Å². The Kier molecular flexibility index (Phi) is 5.69. The number of rotatable bonds is 6. The van der Waals surface area contributed by atoms with Crippen molar-refractivity contribution in [3.05, 3.63) is 83.2 Å². The molecule has 36 heavy (non-hydrogen) atoms. The van der Waals surface area contributed by atoms with Crippen LogP contribution in [-0.2, 0) is 9.53 Å². The molecule has 0 radical (unpaired) electrons. The Hall–Kier alpha value is -4.64. The zero-order chi connectivity index (χ0) is 25.4. The fourth-order valence-corrected chi connectivity index (χ4v) is 4.55. The van der Waals surface area contributed by atoms with Crippen LogP contribution in [0.2, 0.25) is 0 Å². The molecule has 1 aliphatic rings. The van der Waals surface area contributed by atoms with E-state index in [1.807, 2.05) is 6.07 Å². The lowest BCUT2D eigenvalue weighted by Crippen LogP contribution is -2.56. The lowest BCUT2D eigenvalue weighted by molar-refractivity contribution is -0.131. The van der Waals surface area contributed by atoms with Gasteiger partial charge < -0.3 is 30.4 Å². The Bertz CT molecular complexity index is 1480. The van der Waals surface area contributed by atoms with Crippen molar-refractivity contribution in [3.63, 3.8) is 0 Å². The number of fused-ring (bicyclic) bond motifs is 1. The van der Waals surface area contributed by atoms with Crippen molar-refractivity contribution in [1.82, 2.24) is 4.98 Å². The van der Waals surface area contributed by atoms with E-state index in [-0.39, 0.29) is 10.8 Å². The minimum Gasteiger partial charge on any atom is -0.440 e. The number of aryl methyl sites for hydroxylation is 1. The second-order valence-electron chi connectivity index (χ2n) is 8.05. The van der Waals surface area contributed by atoms with Crippen molar-refractivity contribution in [2.45, 2.75) is 12.8 Å². The van der Waals surface area contributed by atoms with Crippen LogP contribution in [0.25, 0.3) is 10.6 Å². The average Bonchev–Trinajstić information content (AvgIpc) is 3.61. The van der Waals surface area contributed by atoms with Crippen molar-refractivity contribution in [3.8, 4) is 10.6 Å². The molecule has 182 valence electrons. The van der Waals surface area contributed by atoms with Crippen LogP contribution in [0, 0.1) is 6.92 Å². The van der Waals surface area contributed by atoms with Gasteiger partial charge in [0.05, 0.1) is 22.4 Å². The summed E-state index contributed by atoms with van der Waals surface area (Å²) in [6, 6.07) is 17.2. The molecule has 11 heteroatoms. The maximum Gasteiger partial charge on any atom is 0.352 e. The molecular weight excluding hydrogens is 482 g/mol. The number of hydrogen-bond acceptors (Lipinski definition) is 9. The highest BCUT2D eigenvalue weighted by Crippen LogP contribution is 2.38. The molecule has 0 bridgehead atoms. The van der Waals surface area contributed by atoms with Crippen molar-refractivity contribution in [2.24, 2.45) is 5.73 Å². The highest BCUT2D eigenvalue weighted by molar-refractivity contribution is 7.17. The standard InChI is InChI=1S/C25H21N5O5S/c1-14-27-13-19(34-14)20-10-11-21(36-20)23(32)35-25(24(26)33)28-17-9-8-16(12-18(17)29-25)30(2)22(31)15-6-4-3-5-7-15/h3-13,28-29H,1-2H3,(H2,26,33). The van der Waals surface area contributed by atoms with Gasteiger partial charge >= 0.3 is 17.7 Å². The molecule has 0 spiro atoms. The highest BCUT2D eigenvalue weighted by atomic mass is 32.1. The van der Waals surface area contributed by atoms with Crippen LogP contribution in [0.5, 0.6) is 0 Å². The molecule has 3 heterocycles. The van der Waals surface area contributed by atoms with Crippen molar-refractivity contribution in [2.75, 3.05) is 22.6 Å². The number of nitrogens with two attached hydrogens (primary N) is 1. The summed E-state index contributed by atoms with van der Waals surface area (Å²) in [6.07, 6.45) is 1.56. The number of carbonyl (C=O) groups is 3. The zero-order valence-electron chi connectivity index (χ0n) is 19.3. The van der Waals surface area contributed by atoms with Gasteiger partial charge in [-0.15, -0.1) is 11.3 Å². The number of hydrogen-bond donors (Lipinski definition) is 3. The highest BCUT2D eigenvalue weighted by Gasteiger charge is 2.47. The summed E-state index contributed by atoms with van der Waals surface area (Å²) in [5, 5.41) is 5.73. The van der Waals surface area contributed by atoms with Crippen LogP contribution in [0.15, 0.2) is 71.3 Å². The van der Waals surface area contributed by atoms with Crippen molar-refractivity contribution >= 4 is 46.2 Å². The van der Waals surface area contributed by atoms with Crippen LogP contribution in [0.1, 0.15) is 25.9 Å². The predicted octanol–water partition coefficient (Wildman–Crippen LogP) is 3.82. The van der Waals surface area contributed by atoms with Crippen molar-refractivity contribution in [1.29, 1.82) is 0 Å². The molecule has 1 unspecified atom stereocenters. The first-order valence-corrected chi connectivity index (χ1v) is 11.7. The molecule has 4 aromatic rings. The van der Waals surface area contributed by atoms with Crippen LogP contribution >= 0.6 is 11.3 Å². The molecular formula is C25H21N5O5S. The molecule has 10 nitrogen and oxygen atoms in total. The van der Waals surface area contributed by atoms with Gasteiger partial charge in [-0.05, 0) is 42.5 Å². The number of anilines is 3. The summed E-state index contributed by atoms with van der Waals surface area (Å²) in [5.41, 5.74) is 7.65. The van der Waals surface area contributed by atoms with E-state index in [1.165, 1.54) is 4.90 Å². The first-order valence-electron chi connectivity index (χ1n) is 10.9. The number of aromatic nitrogens is 1. The molecule has 4 N–H and O–H groups in total. The summed E-state index contributed by atoms with van der Waals surface area (Å²) in [6.45, 7) is 1.72. The maximum absolute atomic E-state index is 12.9. The number of carbonyl (C=O) groups excluding carboxylic acids is 3. The van der Waals surface area contributed by atoms with Gasteiger partial charge in [-0.25, -0.2) is 9.78 Å². The van der Waals surface area contributed by atoms with Crippen LogP contribution in [0.3, 0.4) is 0 Å². The normalized spacial score (nSPS) is 15.9. The molecule has 0 saturated heterocycles. The molecule has 0 aliphatic carbocycles. The number of nitrogens with zero attached hydrogens (tertiary/aromatic N) is 2. The number of nitrogens with one attached hydrogen (secondary N) is 2. The Labute approximate surface area is 209 Å². The second kappa shape index (κ2) is 8.86. The first kappa shape index (κ1) is 23.1. The molecule has 1 atom stereocenters. The topological polar surface area (TPSA) is 140 Å². The largest absolute Gasteiger partial charge is 0.440 e. The monoisotopic (exact) mass is 503 g/mol. The fraction of sp³-hybridized carbons (Fsp3) is 0.120. The second-order valence-corrected chi connectivity index (χ2v) is 9.14. The third-order valence-corrected chi connectivity index (χ3v) is 6.68. The molecule has 0 saturated carbocycles. The molecule has 0 fully saturated rings. The minimum atomic E-state index is -2.01. The summed E-state index contributed by atoms with van der Waals surface area (Å²) < 4.78 is 11.0. The Morgan fingerprint density at radius 3 is 2.50 bits per heavy atom. The van der Waals surface area contributed by atoms with E-state index in [1.54, 1.807) is 74.8 Å². The lowest BCUT2D eigenvalue weighted by Gasteiger charge is -2.26. The van der Waals surface area contributed by atoms with E-state index in [2.05, 4.69) is 15.6 Å². The predicted molar refractivity (Wildman–Crippen MR) is 135 cm³/mol. The SMILES string of the molecule is Cc1ncc(-c2ccc(C(=O)OC3(C(N)=O)Nc4ccc(N(C)C(=O)c5ccccc5)cc4N3)s2)o1. The van der Waals surface area contributed by atoms with E-state index in [9.17, 15) is 14.4 Å². The number of thiophene rings is 1. The smallest absolute Gasteiger partial charge is 0.352 e. The summed E-state index contributed by atoms with van der Waals surface area (Å²) in [7, 11) is 1.64. The molecule has 2 aromatic carbocycles. The molecule has 5 rings (SSSR count). The van der Waals surface area contributed by atoms with Crippen LogP contribution in [-0.4, -0.2) is 35.7 Å². The van der Waals surface area contributed by atoms with E-state index < -0.39 is 17.7 Å². The number of ether oxygens (including phenoxy) is 1. The quantitative estimate of drug-likeness (QED) is 0.337. The third kappa shape index (κ3) is 4.16. The summed E-state index contributed by atoms with van der Waals surface area (Å²) >= 11 is 1.13. The van der Waals surface area contributed by atoms with E-state index in [0.29, 0.717) is 39.2 Å². The van der Waals surface area contributed by atoms with E-state index in [0.717, 1.165) is 11.3 Å². The third-order valence-electron chi connectivity index (χ3n) is 5.60. The zero-order valence-corrected chi connectivity index (χ0v) is 20.1. The summed E-state index contributed by atoms with van der Waals surface area (Å²) in [4.78, 5) is 44.7. The average molecular weight is 504 g/mol. The van der Waals surface area contributed by atoms with Gasteiger partial charge in [0.2, 0.25) is 0 Å². The number of primary amides is 1. The first-order chi connectivity index (χ1) is 17.3. The Morgan fingerprint density at radius 2 is 1.81 bits per heavy atom. The van der Waals surface area contributed by atoms with E-state index >= 15 is 0 Å². The number of esters is 1. The van der Waals surface area contributed by atoms with Gasteiger partial charge in [0.15, 0.2) is 11.7 Å². The molecule has 2 amide bonds. The van der Waals surface area contributed by atoms with Crippen molar-refractivity contribution < 1.29 is 23.5 Å². The Balaban J connectivity index is 1.35. The number of benzene rings is 2. The van der Waals surface area contributed by atoms with Crippen LogP contribution < -0.4 is 21.3 Å². The van der Waals surface area contributed by atoms with Crippen LogP contribution in [0.4, 0.5) is 17.1 Å². The molecule has 2 aromatic heterocycles.